The summed E-state index contributed by atoms with van der Waals surface area (Å²) < 4.78 is 2.48. The zero-order valence-electron chi connectivity index (χ0n) is 23.3. The molecular weight excluding hydrogens is 452 g/mol. The molecule has 1 saturated carbocycles. The van der Waals surface area contributed by atoms with Crippen molar-refractivity contribution in [1.29, 1.82) is 0 Å². The second-order valence-corrected chi connectivity index (χ2v) is 12.3. The van der Waals surface area contributed by atoms with Crippen LogP contribution in [0.4, 0.5) is 0 Å². The lowest BCUT2D eigenvalue weighted by molar-refractivity contribution is 0.372. The number of pyridine rings is 1. The third-order valence-corrected chi connectivity index (χ3v) is 7.75. The molecule has 1 fully saturated rings. The smallest absolute Gasteiger partial charge is 0.111 e. The molecule has 4 aromatic rings. The van der Waals surface area contributed by atoms with Gasteiger partial charge < -0.3 is 9.88 Å². The van der Waals surface area contributed by atoms with Gasteiger partial charge in [0.05, 0.1) is 16.7 Å². The summed E-state index contributed by atoms with van der Waals surface area (Å²) in [6.45, 7) is 10.9. The highest BCUT2D eigenvalue weighted by Gasteiger charge is 2.22. The highest BCUT2D eigenvalue weighted by molar-refractivity contribution is 6.03. The van der Waals surface area contributed by atoms with E-state index in [4.69, 9.17) is 9.97 Å². The molecule has 1 aliphatic carbocycles. The molecule has 0 radical (unpaired) electrons. The van der Waals surface area contributed by atoms with E-state index in [0.29, 0.717) is 6.04 Å². The van der Waals surface area contributed by atoms with E-state index in [1.807, 2.05) is 0 Å². The molecule has 37 heavy (non-hydrogen) atoms. The Kier molecular flexibility index (Phi) is 7.95. The van der Waals surface area contributed by atoms with Crippen molar-refractivity contribution in [2.24, 2.45) is 5.41 Å². The van der Waals surface area contributed by atoms with Crippen LogP contribution in [0.5, 0.6) is 0 Å². The van der Waals surface area contributed by atoms with Gasteiger partial charge in [0, 0.05) is 30.9 Å². The van der Waals surface area contributed by atoms with Crippen LogP contribution in [-0.2, 0) is 25.9 Å². The van der Waals surface area contributed by atoms with Gasteiger partial charge in [0.15, 0.2) is 0 Å². The Morgan fingerprint density at radius 3 is 2.38 bits per heavy atom. The fraction of sp³-hybridized carbons (Fsp3) is 0.515. The Bertz CT molecular complexity index is 1320. The van der Waals surface area contributed by atoms with Crippen molar-refractivity contribution in [2.45, 2.75) is 105 Å². The molecule has 0 aliphatic heterocycles. The average molecular weight is 497 g/mol. The number of hydrogen-bond acceptors (Lipinski definition) is 3. The monoisotopic (exact) mass is 496 g/mol. The average Bonchev–Trinajstić information content (AvgIpc) is 3.25. The van der Waals surface area contributed by atoms with E-state index in [-0.39, 0.29) is 5.41 Å². The molecule has 2 aromatic heterocycles. The molecule has 0 spiro atoms. The first-order valence-electron chi connectivity index (χ1n) is 14.5. The number of hydrogen-bond donors (Lipinski definition) is 1. The standard InChI is InChI=1S/C33H44N4/c1-5-6-16-30-36-31-29(21-33(2,3)4)35-28-15-11-10-14-27(28)32(31)37(30)23-25-19-17-24(18-20-25)22-34-26-12-8-7-9-13-26/h10-11,14-15,17-20,26,34H,5-9,12-13,16,21-23H2,1-4H3. The van der Waals surface area contributed by atoms with E-state index in [1.165, 1.54) is 66.4 Å². The zero-order valence-corrected chi connectivity index (χ0v) is 23.3. The van der Waals surface area contributed by atoms with E-state index >= 15 is 0 Å². The number of aromatic nitrogens is 3. The summed E-state index contributed by atoms with van der Waals surface area (Å²) in [5, 5.41) is 4.99. The molecule has 0 amide bonds. The Balaban J connectivity index is 1.49. The van der Waals surface area contributed by atoms with E-state index in [0.717, 1.165) is 49.1 Å². The second kappa shape index (κ2) is 11.3. The van der Waals surface area contributed by atoms with Crippen molar-refractivity contribution in [3.63, 3.8) is 0 Å². The molecule has 5 rings (SSSR count). The van der Waals surface area contributed by atoms with Gasteiger partial charge in [-0.05, 0) is 48.3 Å². The first kappa shape index (κ1) is 25.9. The van der Waals surface area contributed by atoms with Crippen LogP contribution in [0.15, 0.2) is 48.5 Å². The van der Waals surface area contributed by atoms with Crippen molar-refractivity contribution >= 4 is 21.9 Å². The second-order valence-electron chi connectivity index (χ2n) is 12.3. The molecule has 0 atom stereocenters. The number of rotatable bonds is 9. The van der Waals surface area contributed by atoms with Crippen molar-refractivity contribution in [1.82, 2.24) is 19.9 Å². The predicted molar refractivity (Wildman–Crippen MR) is 156 cm³/mol. The van der Waals surface area contributed by atoms with Crippen molar-refractivity contribution in [3.05, 3.63) is 71.2 Å². The number of nitrogens with one attached hydrogen (secondary N) is 1. The van der Waals surface area contributed by atoms with Gasteiger partial charge in [0.25, 0.3) is 0 Å². The number of imidazole rings is 1. The summed E-state index contributed by atoms with van der Waals surface area (Å²) in [6.07, 6.45) is 11.0. The van der Waals surface area contributed by atoms with E-state index in [1.54, 1.807) is 0 Å². The Labute approximate surface area is 222 Å². The summed E-state index contributed by atoms with van der Waals surface area (Å²) in [6, 6.07) is 18.5. The van der Waals surface area contributed by atoms with Crippen LogP contribution in [0, 0.1) is 5.41 Å². The zero-order chi connectivity index (χ0) is 25.8. The summed E-state index contributed by atoms with van der Waals surface area (Å²) >= 11 is 0. The lowest BCUT2D eigenvalue weighted by Gasteiger charge is -2.23. The third kappa shape index (κ3) is 6.23. The number of unbranched alkanes of at least 4 members (excludes halogenated alkanes) is 1. The fourth-order valence-electron chi connectivity index (χ4n) is 5.78. The minimum absolute atomic E-state index is 0.150. The molecule has 0 bridgehead atoms. The highest BCUT2D eigenvalue weighted by Crippen LogP contribution is 2.32. The number of fused-ring (bicyclic) bond motifs is 3. The maximum Gasteiger partial charge on any atom is 0.111 e. The first-order chi connectivity index (χ1) is 17.9. The highest BCUT2D eigenvalue weighted by atomic mass is 15.1. The molecule has 0 saturated heterocycles. The van der Waals surface area contributed by atoms with Gasteiger partial charge in [-0.1, -0.05) is 95.8 Å². The maximum absolute atomic E-state index is 5.27. The topological polar surface area (TPSA) is 42.7 Å². The van der Waals surface area contributed by atoms with Gasteiger partial charge in [-0.2, -0.15) is 0 Å². The van der Waals surface area contributed by atoms with E-state index < -0.39 is 0 Å². The molecule has 2 heterocycles. The van der Waals surface area contributed by atoms with E-state index in [9.17, 15) is 0 Å². The van der Waals surface area contributed by atoms with Crippen LogP contribution < -0.4 is 5.32 Å². The predicted octanol–water partition coefficient (Wildman–Crippen LogP) is 7.99. The van der Waals surface area contributed by atoms with Gasteiger partial charge in [-0.15, -0.1) is 0 Å². The van der Waals surface area contributed by atoms with Crippen LogP contribution in [-0.4, -0.2) is 20.6 Å². The number of para-hydroxylation sites is 1. The molecule has 4 nitrogen and oxygen atoms in total. The number of benzene rings is 2. The Morgan fingerprint density at radius 2 is 1.65 bits per heavy atom. The van der Waals surface area contributed by atoms with Crippen LogP contribution in [0.25, 0.3) is 21.9 Å². The quantitative estimate of drug-likeness (QED) is 0.255. The normalized spacial score (nSPS) is 15.1. The van der Waals surface area contributed by atoms with Crippen molar-refractivity contribution < 1.29 is 0 Å². The van der Waals surface area contributed by atoms with Crippen LogP contribution in [0.3, 0.4) is 0 Å². The Morgan fingerprint density at radius 1 is 0.919 bits per heavy atom. The fourth-order valence-corrected chi connectivity index (χ4v) is 5.78. The minimum Gasteiger partial charge on any atom is -0.323 e. The van der Waals surface area contributed by atoms with Crippen molar-refractivity contribution in [3.8, 4) is 0 Å². The lowest BCUT2D eigenvalue weighted by Crippen LogP contribution is -2.30. The largest absolute Gasteiger partial charge is 0.323 e. The van der Waals surface area contributed by atoms with Crippen LogP contribution >= 0.6 is 0 Å². The first-order valence-corrected chi connectivity index (χ1v) is 14.5. The summed E-state index contributed by atoms with van der Waals surface area (Å²) in [5.74, 6) is 1.19. The van der Waals surface area contributed by atoms with Crippen molar-refractivity contribution in [2.75, 3.05) is 0 Å². The number of aryl methyl sites for hydroxylation is 1. The minimum atomic E-state index is 0.150. The van der Waals surface area contributed by atoms with Crippen LogP contribution in [0.2, 0.25) is 0 Å². The summed E-state index contributed by atoms with van der Waals surface area (Å²) in [4.78, 5) is 10.4. The summed E-state index contributed by atoms with van der Waals surface area (Å²) in [7, 11) is 0. The van der Waals surface area contributed by atoms with E-state index in [2.05, 4.69) is 86.1 Å². The molecule has 2 aromatic carbocycles. The van der Waals surface area contributed by atoms with Gasteiger partial charge in [-0.3, -0.25) is 4.98 Å². The molecular formula is C33H44N4. The van der Waals surface area contributed by atoms with Gasteiger partial charge in [0.1, 0.15) is 11.3 Å². The number of nitrogens with zero attached hydrogens (tertiary/aromatic N) is 3. The third-order valence-electron chi connectivity index (χ3n) is 7.75. The Hall–Kier alpha value is -2.72. The van der Waals surface area contributed by atoms with Gasteiger partial charge in [-0.25, -0.2) is 4.98 Å². The van der Waals surface area contributed by atoms with Crippen LogP contribution in [0.1, 0.15) is 95.3 Å². The lowest BCUT2D eigenvalue weighted by atomic mass is 9.89. The molecule has 196 valence electrons. The molecule has 4 heteroatoms. The molecule has 1 aliphatic rings. The molecule has 0 unspecified atom stereocenters. The maximum atomic E-state index is 5.27. The SMILES string of the molecule is CCCCc1nc2c(CC(C)(C)C)nc3ccccc3c2n1Cc1ccc(CNC2CCCCC2)cc1. The van der Waals surface area contributed by atoms with Gasteiger partial charge in [0.2, 0.25) is 0 Å². The van der Waals surface area contributed by atoms with Gasteiger partial charge >= 0.3 is 0 Å². The molecule has 1 N–H and O–H groups in total. The summed E-state index contributed by atoms with van der Waals surface area (Å²) in [5.41, 5.74) is 7.39.